The third-order valence-electron chi connectivity index (χ3n) is 3.15. The number of nitrogens with zero attached hydrogens (tertiary/aromatic N) is 1. The first-order valence-corrected chi connectivity index (χ1v) is 7.78. The minimum atomic E-state index is -4.76. The summed E-state index contributed by atoms with van der Waals surface area (Å²) in [6.45, 7) is 3.50. The second-order valence-electron chi connectivity index (χ2n) is 5.77. The van der Waals surface area contributed by atoms with Gasteiger partial charge in [-0.05, 0) is 30.2 Å². The number of rotatable bonds is 5. The van der Waals surface area contributed by atoms with Gasteiger partial charge in [0.05, 0.1) is 5.56 Å². The molecule has 4 nitrogen and oxygen atoms in total. The van der Waals surface area contributed by atoms with Crippen molar-refractivity contribution < 1.29 is 26.0 Å². The van der Waals surface area contributed by atoms with Crippen molar-refractivity contribution in [3.63, 3.8) is 0 Å². The fourth-order valence-corrected chi connectivity index (χ4v) is 3.24. The Morgan fingerprint density at radius 1 is 1.22 bits per heavy atom. The molecule has 23 heavy (non-hydrogen) atoms. The standard InChI is InChI=1S/C13H18F4N2O2S.ClH/c1-12(2,7-18)8-19(3)22(20,21)11-6-9(13(15,16)17)4-5-10(11)14;/h4-6H,7-8,18H2,1-3H3;1H. The lowest BCUT2D eigenvalue weighted by molar-refractivity contribution is -0.137. The Labute approximate surface area is 139 Å². The Bertz CT molecular complexity index is 648. The molecule has 0 heterocycles. The van der Waals surface area contributed by atoms with Crippen LogP contribution < -0.4 is 5.73 Å². The van der Waals surface area contributed by atoms with Crippen LogP contribution in [0.5, 0.6) is 0 Å². The van der Waals surface area contributed by atoms with E-state index >= 15 is 0 Å². The summed E-state index contributed by atoms with van der Waals surface area (Å²) in [7, 11) is -3.22. The molecular formula is C13H19ClF4N2O2S. The van der Waals surface area contributed by atoms with Gasteiger partial charge in [0.25, 0.3) is 0 Å². The first-order chi connectivity index (χ1) is 9.81. The summed E-state index contributed by atoms with van der Waals surface area (Å²) in [6, 6.07) is 1.30. The van der Waals surface area contributed by atoms with Crippen LogP contribution >= 0.6 is 12.4 Å². The van der Waals surface area contributed by atoms with Gasteiger partial charge in [-0.25, -0.2) is 17.1 Å². The number of halogens is 5. The molecule has 10 heteroatoms. The monoisotopic (exact) mass is 378 g/mol. The summed E-state index contributed by atoms with van der Waals surface area (Å²) in [6.07, 6.45) is -4.76. The number of hydrogen-bond donors (Lipinski definition) is 1. The van der Waals surface area contributed by atoms with Crippen LogP contribution in [0.4, 0.5) is 17.6 Å². The quantitative estimate of drug-likeness (QED) is 0.801. The fourth-order valence-electron chi connectivity index (χ4n) is 1.80. The first kappa shape index (κ1) is 22.1. The van der Waals surface area contributed by atoms with Gasteiger partial charge in [0.1, 0.15) is 10.7 Å². The first-order valence-electron chi connectivity index (χ1n) is 6.34. The van der Waals surface area contributed by atoms with E-state index in [4.69, 9.17) is 5.73 Å². The molecule has 0 aliphatic rings. The zero-order valence-electron chi connectivity index (χ0n) is 12.8. The van der Waals surface area contributed by atoms with Crippen LogP contribution in [0.3, 0.4) is 0 Å². The van der Waals surface area contributed by atoms with Crippen LogP contribution in [0.2, 0.25) is 0 Å². The molecule has 0 fully saturated rings. The highest BCUT2D eigenvalue weighted by Gasteiger charge is 2.35. The smallest absolute Gasteiger partial charge is 0.330 e. The highest BCUT2D eigenvalue weighted by Crippen LogP contribution is 2.32. The molecule has 2 N–H and O–H groups in total. The molecule has 0 aliphatic heterocycles. The molecule has 0 atom stereocenters. The van der Waals surface area contributed by atoms with E-state index in [0.717, 1.165) is 4.31 Å². The molecule has 0 amide bonds. The Balaban J connectivity index is 0.00000484. The van der Waals surface area contributed by atoms with E-state index in [1.54, 1.807) is 13.8 Å². The molecular weight excluding hydrogens is 360 g/mol. The Kier molecular flexibility index (Phi) is 7.04. The molecule has 0 saturated heterocycles. The van der Waals surface area contributed by atoms with Crippen LogP contribution in [0.1, 0.15) is 19.4 Å². The van der Waals surface area contributed by atoms with Gasteiger partial charge in [-0.1, -0.05) is 13.8 Å². The summed E-state index contributed by atoms with van der Waals surface area (Å²) < 4.78 is 77.1. The SMILES string of the molecule is CN(CC(C)(C)CN)S(=O)(=O)c1cc(C(F)(F)F)ccc1F.Cl. The largest absolute Gasteiger partial charge is 0.416 e. The minimum absolute atomic E-state index is 0. The highest BCUT2D eigenvalue weighted by molar-refractivity contribution is 7.89. The molecule has 0 saturated carbocycles. The lowest BCUT2D eigenvalue weighted by atomic mass is 9.94. The van der Waals surface area contributed by atoms with Crippen molar-refractivity contribution in [1.82, 2.24) is 4.31 Å². The zero-order chi connectivity index (χ0) is 17.3. The van der Waals surface area contributed by atoms with Gasteiger partial charge in [-0.15, -0.1) is 12.4 Å². The van der Waals surface area contributed by atoms with E-state index < -0.39 is 37.9 Å². The number of hydrogen-bond acceptors (Lipinski definition) is 3. The third-order valence-corrected chi connectivity index (χ3v) is 4.97. The molecule has 0 radical (unpaired) electrons. The maximum absolute atomic E-state index is 13.7. The lowest BCUT2D eigenvalue weighted by Gasteiger charge is -2.28. The second-order valence-corrected chi connectivity index (χ2v) is 7.79. The van der Waals surface area contributed by atoms with Crippen LogP contribution in [0.15, 0.2) is 23.1 Å². The maximum Gasteiger partial charge on any atom is 0.416 e. The van der Waals surface area contributed by atoms with Crippen molar-refractivity contribution in [2.75, 3.05) is 20.1 Å². The maximum atomic E-state index is 13.7. The Morgan fingerprint density at radius 3 is 2.17 bits per heavy atom. The molecule has 134 valence electrons. The summed E-state index contributed by atoms with van der Waals surface area (Å²) in [5.74, 6) is -1.23. The van der Waals surface area contributed by atoms with Crippen molar-refractivity contribution in [3.8, 4) is 0 Å². The van der Waals surface area contributed by atoms with Gasteiger partial charge >= 0.3 is 6.18 Å². The predicted molar refractivity (Wildman–Crippen MR) is 81.3 cm³/mol. The second kappa shape index (κ2) is 7.33. The van der Waals surface area contributed by atoms with E-state index in [1.807, 2.05) is 0 Å². The third kappa shape index (κ3) is 5.30. The van der Waals surface area contributed by atoms with E-state index in [2.05, 4.69) is 0 Å². The predicted octanol–water partition coefficient (Wildman–Crippen LogP) is 2.87. The van der Waals surface area contributed by atoms with Crippen molar-refractivity contribution in [1.29, 1.82) is 0 Å². The van der Waals surface area contributed by atoms with Gasteiger partial charge in [-0.2, -0.15) is 13.2 Å². The summed E-state index contributed by atoms with van der Waals surface area (Å²) in [4.78, 5) is -1.00. The summed E-state index contributed by atoms with van der Waals surface area (Å²) in [5.41, 5.74) is 3.68. The number of alkyl halides is 3. The van der Waals surface area contributed by atoms with E-state index in [0.29, 0.717) is 18.2 Å². The summed E-state index contributed by atoms with van der Waals surface area (Å²) >= 11 is 0. The van der Waals surface area contributed by atoms with Gasteiger partial charge in [0.2, 0.25) is 10.0 Å². The molecule has 0 spiro atoms. The van der Waals surface area contributed by atoms with Gasteiger partial charge in [-0.3, -0.25) is 0 Å². The molecule has 1 rings (SSSR count). The van der Waals surface area contributed by atoms with Crippen molar-refractivity contribution >= 4 is 22.4 Å². The molecule has 0 bridgehead atoms. The fraction of sp³-hybridized carbons (Fsp3) is 0.538. The van der Waals surface area contributed by atoms with Gasteiger partial charge < -0.3 is 5.73 Å². The number of benzene rings is 1. The Hall–Kier alpha value is -0.900. The van der Waals surface area contributed by atoms with Crippen molar-refractivity contribution in [2.45, 2.75) is 24.9 Å². The molecule has 1 aromatic carbocycles. The average Bonchev–Trinajstić information content (AvgIpc) is 2.37. The van der Waals surface area contributed by atoms with Crippen LogP contribution in [-0.2, 0) is 16.2 Å². The summed E-state index contributed by atoms with van der Waals surface area (Å²) in [5, 5.41) is 0. The topological polar surface area (TPSA) is 63.4 Å². The normalized spacial score (nSPS) is 13.1. The molecule has 1 aromatic rings. The number of sulfonamides is 1. The molecule has 0 aliphatic carbocycles. The highest BCUT2D eigenvalue weighted by atomic mass is 35.5. The van der Waals surface area contributed by atoms with E-state index in [9.17, 15) is 26.0 Å². The van der Waals surface area contributed by atoms with Gasteiger partial charge in [0, 0.05) is 13.6 Å². The van der Waals surface area contributed by atoms with Crippen LogP contribution in [-0.4, -0.2) is 32.9 Å². The van der Waals surface area contributed by atoms with Crippen LogP contribution in [0, 0.1) is 11.2 Å². The van der Waals surface area contributed by atoms with E-state index in [1.165, 1.54) is 7.05 Å². The van der Waals surface area contributed by atoms with Gasteiger partial charge in [0.15, 0.2) is 0 Å². The van der Waals surface area contributed by atoms with E-state index in [-0.39, 0.29) is 25.5 Å². The molecule has 0 aromatic heterocycles. The van der Waals surface area contributed by atoms with Crippen LogP contribution in [0.25, 0.3) is 0 Å². The molecule has 0 unspecified atom stereocenters. The average molecular weight is 379 g/mol. The van der Waals surface area contributed by atoms with Crippen molar-refractivity contribution in [3.05, 3.63) is 29.6 Å². The zero-order valence-corrected chi connectivity index (χ0v) is 14.4. The minimum Gasteiger partial charge on any atom is -0.330 e. The number of nitrogens with two attached hydrogens (primary N) is 1. The Morgan fingerprint density at radius 2 is 1.74 bits per heavy atom. The lowest BCUT2D eigenvalue weighted by Crippen LogP contribution is -2.40. The van der Waals surface area contributed by atoms with Crippen molar-refractivity contribution in [2.24, 2.45) is 11.1 Å².